The summed E-state index contributed by atoms with van der Waals surface area (Å²) < 4.78 is 46.1. The zero-order valence-corrected chi connectivity index (χ0v) is 20.6. The minimum Gasteiger partial charge on any atom is -0.484 e. The number of aromatic amines is 1. The van der Waals surface area contributed by atoms with Crippen LogP contribution in [0.1, 0.15) is 24.6 Å². The summed E-state index contributed by atoms with van der Waals surface area (Å²) >= 11 is 0. The molecule has 0 aliphatic carbocycles. The van der Waals surface area contributed by atoms with Gasteiger partial charge in [-0.25, -0.2) is 0 Å². The molecule has 2 aliphatic rings. The zero-order chi connectivity index (χ0) is 26.7. The highest BCUT2D eigenvalue weighted by Gasteiger charge is 2.32. The Morgan fingerprint density at radius 3 is 2.32 bits per heavy atom. The second-order valence-electron chi connectivity index (χ2n) is 9.44. The van der Waals surface area contributed by atoms with Gasteiger partial charge in [0, 0.05) is 45.3 Å². The maximum Gasteiger partial charge on any atom is 0.573 e. The number of carbonyl (C=O) groups excluding carboxylic acids is 1. The number of piperazine rings is 1. The minimum atomic E-state index is -4.76. The van der Waals surface area contributed by atoms with Crippen molar-refractivity contribution in [2.24, 2.45) is 0 Å². The second-order valence-corrected chi connectivity index (χ2v) is 9.44. The van der Waals surface area contributed by atoms with Crippen LogP contribution in [0.3, 0.4) is 0 Å². The Labute approximate surface area is 216 Å². The van der Waals surface area contributed by atoms with Crippen LogP contribution < -0.4 is 9.47 Å². The highest BCUT2D eigenvalue weighted by Crippen LogP contribution is 2.27. The van der Waals surface area contributed by atoms with Crippen molar-refractivity contribution >= 4 is 16.9 Å². The number of halogens is 3. The molecule has 2 aromatic carbocycles. The van der Waals surface area contributed by atoms with Crippen molar-refractivity contribution < 1.29 is 32.5 Å². The molecule has 2 saturated heterocycles. The summed E-state index contributed by atoms with van der Waals surface area (Å²) in [5.41, 5.74) is 2.28. The number of rotatable bonds is 7. The number of fused-ring (bicyclic) bond motifs is 1. The molecule has 0 bridgehead atoms. The zero-order valence-electron chi connectivity index (χ0n) is 20.6. The van der Waals surface area contributed by atoms with E-state index in [1.165, 1.54) is 12.1 Å². The predicted molar refractivity (Wildman–Crippen MR) is 130 cm³/mol. The first-order valence-electron chi connectivity index (χ1n) is 12.5. The Kier molecular flexibility index (Phi) is 7.68. The van der Waals surface area contributed by atoms with Crippen LogP contribution in [0.2, 0.25) is 0 Å². The van der Waals surface area contributed by atoms with E-state index in [4.69, 9.17) is 4.74 Å². The third-order valence-electron chi connectivity index (χ3n) is 7.09. The fourth-order valence-corrected chi connectivity index (χ4v) is 5.03. The van der Waals surface area contributed by atoms with Crippen molar-refractivity contribution in [3.63, 3.8) is 0 Å². The molecule has 2 aliphatic heterocycles. The van der Waals surface area contributed by atoms with Crippen molar-refractivity contribution in [3.8, 4) is 11.5 Å². The highest BCUT2D eigenvalue weighted by molar-refractivity contribution is 5.78. The summed E-state index contributed by atoms with van der Waals surface area (Å²) in [6.07, 6.45) is -3.60. The van der Waals surface area contributed by atoms with E-state index in [1.807, 2.05) is 18.2 Å². The predicted octanol–water partition coefficient (Wildman–Crippen LogP) is 2.54. The van der Waals surface area contributed by atoms with E-state index in [2.05, 4.69) is 29.9 Å². The van der Waals surface area contributed by atoms with Crippen LogP contribution in [-0.2, 0) is 4.79 Å². The van der Waals surface area contributed by atoms with Crippen LogP contribution in [-0.4, -0.2) is 99.4 Å². The van der Waals surface area contributed by atoms with Gasteiger partial charge in [0.1, 0.15) is 28.8 Å². The maximum absolute atomic E-state index is 12.6. The number of hydrogen-bond acceptors (Lipinski definition) is 8. The molecule has 0 saturated carbocycles. The van der Waals surface area contributed by atoms with Crippen molar-refractivity contribution in [1.82, 2.24) is 30.1 Å². The third kappa shape index (κ3) is 6.34. The Hall–Kier alpha value is -3.42. The van der Waals surface area contributed by atoms with E-state index in [9.17, 15) is 23.1 Å². The van der Waals surface area contributed by atoms with Gasteiger partial charge in [0.15, 0.2) is 6.61 Å². The molecule has 3 aromatic rings. The standard InChI is InChI=1S/C25H29F3N6O4/c26-25(27,28)38-20-4-2-19(3-5-20)37-16-23(35)33-13-11-32(12-14-33)18-7-9-34(10-8-18)24(36)17-1-6-21-22(15-17)30-31-29-21/h1-6,15,18,24,36H,7-14,16H2,(H,29,30,31). The molecule has 2 fully saturated rings. The maximum atomic E-state index is 12.6. The molecule has 1 amide bonds. The molecule has 13 heteroatoms. The van der Waals surface area contributed by atoms with E-state index in [0.717, 1.165) is 67.8 Å². The molecule has 1 aromatic heterocycles. The van der Waals surface area contributed by atoms with Crippen molar-refractivity contribution in [2.45, 2.75) is 31.5 Å². The summed E-state index contributed by atoms with van der Waals surface area (Å²) in [6, 6.07) is 10.9. The molecule has 1 unspecified atom stereocenters. The summed E-state index contributed by atoms with van der Waals surface area (Å²) in [4.78, 5) is 18.8. The number of H-pyrrole nitrogens is 1. The van der Waals surface area contributed by atoms with Crippen LogP contribution in [0.5, 0.6) is 11.5 Å². The fourth-order valence-electron chi connectivity index (χ4n) is 5.03. The number of amides is 1. The summed E-state index contributed by atoms with van der Waals surface area (Å²) in [5, 5.41) is 21.6. The second kappa shape index (κ2) is 11.1. The van der Waals surface area contributed by atoms with Crippen LogP contribution >= 0.6 is 0 Å². The largest absolute Gasteiger partial charge is 0.573 e. The van der Waals surface area contributed by atoms with E-state index in [1.54, 1.807) is 4.90 Å². The van der Waals surface area contributed by atoms with Crippen LogP contribution in [0, 0.1) is 0 Å². The van der Waals surface area contributed by atoms with Crippen LogP contribution in [0.15, 0.2) is 42.5 Å². The quantitative estimate of drug-likeness (QED) is 0.477. The third-order valence-corrected chi connectivity index (χ3v) is 7.09. The Morgan fingerprint density at radius 1 is 0.974 bits per heavy atom. The molecular formula is C25H29F3N6O4. The number of hydrogen-bond donors (Lipinski definition) is 2. The lowest BCUT2D eigenvalue weighted by molar-refractivity contribution is -0.274. The first-order chi connectivity index (χ1) is 18.2. The van der Waals surface area contributed by atoms with Crippen molar-refractivity contribution in [1.29, 1.82) is 0 Å². The number of ether oxygens (including phenoxy) is 2. The first-order valence-corrected chi connectivity index (χ1v) is 12.5. The van der Waals surface area contributed by atoms with Gasteiger partial charge in [0.25, 0.3) is 5.91 Å². The summed E-state index contributed by atoms with van der Waals surface area (Å²) in [5.74, 6) is -0.218. The number of nitrogens with zero attached hydrogens (tertiary/aromatic N) is 5. The van der Waals surface area contributed by atoms with Gasteiger partial charge in [-0.3, -0.25) is 14.6 Å². The SMILES string of the molecule is O=C(COc1ccc(OC(F)(F)F)cc1)N1CCN(C2CCN(C(O)c3ccc4n[nH]nc4c3)CC2)CC1. The number of aromatic nitrogens is 3. The lowest BCUT2D eigenvalue weighted by Gasteiger charge is -2.43. The Morgan fingerprint density at radius 2 is 1.63 bits per heavy atom. The Bertz CT molecular complexity index is 1220. The summed E-state index contributed by atoms with van der Waals surface area (Å²) in [6.45, 7) is 4.03. The van der Waals surface area contributed by atoms with Crippen molar-refractivity contribution in [3.05, 3.63) is 48.0 Å². The number of carbonyl (C=O) groups is 1. The van der Waals surface area contributed by atoms with Gasteiger partial charge in [-0.15, -0.1) is 13.2 Å². The number of nitrogens with one attached hydrogen (secondary N) is 1. The van der Waals surface area contributed by atoms with Gasteiger partial charge in [-0.2, -0.15) is 15.4 Å². The van der Waals surface area contributed by atoms with Gasteiger partial charge in [-0.1, -0.05) is 6.07 Å². The van der Waals surface area contributed by atoms with E-state index >= 15 is 0 Å². The van der Waals surface area contributed by atoms with Crippen LogP contribution in [0.4, 0.5) is 13.2 Å². The molecule has 204 valence electrons. The molecule has 0 radical (unpaired) electrons. The smallest absolute Gasteiger partial charge is 0.484 e. The van der Waals surface area contributed by atoms with Gasteiger partial charge in [0.2, 0.25) is 0 Å². The molecule has 5 rings (SSSR count). The van der Waals surface area contributed by atoms with E-state index in [-0.39, 0.29) is 18.3 Å². The lowest BCUT2D eigenvalue weighted by Crippen LogP contribution is -2.55. The molecule has 0 spiro atoms. The lowest BCUT2D eigenvalue weighted by atomic mass is 10.0. The first kappa shape index (κ1) is 26.2. The molecule has 1 atom stereocenters. The molecule has 10 nitrogen and oxygen atoms in total. The Balaban J connectivity index is 1.03. The van der Waals surface area contributed by atoms with Gasteiger partial charge in [-0.05, 0) is 54.8 Å². The number of piperidine rings is 1. The average molecular weight is 535 g/mol. The highest BCUT2D eigenvalue weighted by atomic mass is 19.4. The van der Waals surface area contributed by atoms with Gasteiger partial charge < -0.3 is 19.5 Å². The van der Waals surface area contributed by atoms with Gasteiger partial charge in [0.05, 0.1) is 0 Å². The normalized spacial score (nSPS) is 19.0. The van der Waals surface area contributed by atoms with Gasteiger partial charge >= 0.3 is 6.36 Å². The number of aliphatic hydroxyl groups is 1. The van der Waals surface area contributed by atoms with E-state index in [0.29, 0.717) is 24.9 Å². The molecule has 2 N–H and O–H groups in total. The number of alkyl halides is 3. The number of likely N-dealkylation sites (tertiary alicyclic amines) is 1. The minimum absolute atomic E-state index is 0.165. The number of aliphatic hydroxyl groups excluding tert-OH is 1. The fraction of sp³-hybridized carbons (Fsp3) is 0.480. The van der Waals surface area contributed by atoms with E-state index < -0.39 is 12.6 Å². The van der Waals surface area contributed by atoms with Crippen LogP contribution in [0.25, 0.3) is 11.0 Å². The summed E-state index contributed by atoms with van der Waals surface area (Å²) in [7, 11) is 0. The average Bonchev–Trinajstić information content (AvgIpc) is 3.39. The topological polar surface area (TPSA) is 107 Å². The van der Waals surface area contributed by atoms with Crippen molar-refractivity contribution in [2.75, 3.05) is 45.9 Å². The molecule has 3 heterocycles. The molecular weight excluding hydrogens is 505 g/mol. The number of benzene rings is 2. The monoisotopic (exact) mass is 534 g/mol. The molecule has 38 heavy (non-hydrogen) atoms.